The highest BCUT2D eigenvalue weighted by molar-refractivity contribution is 7.98. The van der Waals surface area contributed by atoms with Gasteiger partial charge in [0.1, 0.15) is 6.04 Å². The van der Waals surface area contributed by atoms with Gasteiger partial charge in [0.05, 0.1) is 6.42 Å². The Hall–Kier alpha value is -3.82. The predicted molar refractivity (Wildman–Crippen MR) is 143 cm³/mol. The van der Waals surface area contributed by atoms with Crippen LogP contribution in [-0.4, -0.2) is 83.3 Å². The SMILES string of the molecule is CSCCCCCCN(CCNC(=O)[C@H](CC(=O)ON1C(=O)CCC1=O)NC(C)=O)C(=O)OCc1oc(=O)oc1C. The molecule has 15 nitrogen and oxygen atoms in total. The average Bonchev–Trinajstić information content (AvgIpc) is 3.41. The second-order valence-electron chi connectivity index (χ2n) is 9.18. The van der Waals surface area contributed by atoms with Gasteiger partial charge < -0.3 is 33.9 Å². The van der Waals surface area contributed by atoms with Gasteiger partial charge >= 0.3 is 17.9 Å². The Bertz CT molecular complexity index is 1130. The summed E-state index contributed by atoms with van der Waals surface area (Å²) in [4.78, 5) is 90.2. The summed E-state index contributed by atoms with van der Waals surface area (Å²) >= 11 is 1.76. The van der Waals surface area contributed by atoms with Crippen LogP contribution in [0.15, 0.2) is 13.6 Å². The van der Waals surface area contributed by atoms with Gasteiger partial charge in [0.25, 0.3) is 11.8 Å². The van der Waals surface area contributed by atoms with Crippen LogP contribution in [0.5, 0.6) is 0 Å². The van der Waals surface area contributed by atoms with Gasteiger partial charge in [-0.05, 0) is 31.8 Å². The zero-order valence-electron chi connectivity index (χ0n) is 23.4. The van der Waals surface area contributed by atoms with E-state index < -0.39 is 54.0 Å². The van der Waals surface area contributed by atoms with Crippen LogP contribution in [0.4, 0.5) is 4.79 Å². The molecule has 16 heteroatoms. The zero-order valence-corrected chi connectivity index (χ0v) is 24.2. The van der Waals surface area contributed by atoms with Gasteiger partial charge in [0.2, 0.25) is 11.8 Å². The first-order chi connectivity index (χ1) is 19.5. The molecule has 1 aliphatic rings. The molecule has 0 aliphatic carbocycles. The molecule has 2 rings (SSSR count). The van der Waals surface area contributed by atoms with Gasteiger partial charge in [0, 0.05) is 39.4 Å². The summed E-state index contributed by atoms with van der Waals surface area (Å²) in [5.41, 5.74) is 0. The summed E-state index contributed by atoms with van der Waals surface area (Å²) in [5, 5.41) is 5.24. The third kappa shape index (κ3) is 11.7. The van der Waals surface area contributed by atoms with Gasteiger partial charge in [0.15, 0.2) is 18.1 Å². The summed E-state index contributed by atoms with van der Waals surface area (Å²) in [6.07, 6.45) is 4.12. The van der Waals surface area contributed by atoms with Gasteiger partial charge in [-0.15, -0.1) is 5.06 Å². The van der Waals surface area contributed by atoms with Crippen molar-refractivity contribution >= 4 is 47.5 Å². The fraction of sp³-hybridized carbons (Fsp3) is 0.640. The maximum atomic E-state index is 12.8. The number of nitrogens with zero attached hydrogens (tertiary/aromatic N) is 2. The van der Waals surface area contributed by atoms with Crippen molar-refractivity contribution in [2.75, 3.05) is 31.6 Å². The molecule has 41 heavy (non-hydrogen) atoms. The Kier molecular flexibility index (Phi) is 13.9. The smallest absolute Gasteiger partial charge is 0.441 e. The second kappa shape index (κ2) is 17.1. The summed E-state index contributed by atoms with van der Waals surface area (Å²) in [6, 6.07) is -1.35. The number of rotatable bonds is 17. The number of amides is 5. The number of hydrogen-bond acceptors (Lipinski definition) is 12. The number of hydrogen-bond donors (Lipinski definition) is 2. The van der Waals surface area contributed by atoms with Gasteiger partial charge in [-0.2, -0.15) is 11.8 Å². The van der Waals surface area contributed by atoms with Crippen molar-refractivity contribution < 1.29 is 47.2 Å². The van der Waals surface area contributed by atoms with Crippen LogP contribution < -0.4 is 16.5 Å². The highest BCUT2D eigenvalue weighted by atomic mass is 32.2. The minimum absolute atomic E-state index is 0.0394. The number of imide groups is 1. The molecule has 2 N–H and O–H groups in total. The van der Waals surface area contributed by atoms with Gasteiger partial charge in [-0.25, -0.2) is 14.4 Å². The number of carbonyl (C=O) groups excluding carboxylic acids is 6. The van der Waals surface area contributed by atoms with E-state index in [0.29, 0.717) is 18.0 Å². The normalized spacial score (nSPS) is 13.6. The summed E-state index contributed by atoms with van der Waals surface area (Å²) in [6.45, 7) is 2.66. The molecule has 228 valence electrons. The van der Waals surface area contributed by atoms with E-state index in [-0.39, 0.29) is 44.1 Å². The minimum Gasteiger partial charge on any atom is -0.441 e. The van der Waals surface area contributed by atoms with E-state index in [1.54, 1.807) is 11.8 Å². The molecule has 1 aromatic heterocycles. The van der Waals surface area contributed by atoms with E-state index in [1.165, 1.54) is 11.8 Å². The van der Waals surface area contributed by atoms with E-state index in [0.717, 1.165) is 31.9 Å². The maximum Gasteiger partial charge on any atom is 0.519 e. The van der Waals surface area contributed by atoms with Gasteiger partial charge in [-0.1, -0.05) is 12.8 Å². The molecule has 1 atom stereocenters. The number of ether oxygens (including phenoxy) is 1. The van der Waals surface area contributed by atoms with Crippen molar-refractivity contribution in [3.63, 3.8) is 0 Å². The molecule has 1 aliphatic heterocycles. The molecular weight excluding hydrogens is 564 g/mol. The average molecular weight is 601 g/mol. The third-order valence-electron chi connectivity index (χ3n) is 5.89. The summed E-state index contributed by atoms with van der Waals surface area (Å²) in [7, 11) is 0. The summed E-state index contributed by atoms with van der Waals surface area (Å²) < 4.78 is 14.9. The standard InChI is InChI=1S/C25H36N4O11S/c1-16-19(39-25(36)38-16)15-37-24(35)28(11-6-4-5-7-13-41-3)12-10-26-23(34)18(27-17(2)30)14-22(33)40-29-20(31)8-9-21(29)32/h18H,4-15H2,1-3H3,(H,26,34)(H,27,30)/t18-/m0/s1. The van der Waals surface area contributed by atoms with Crippen LogP contribution in [0.1, 0.15) is 63.4 Å². The highest BCUT2D eigenvalue weighted by Crippen LogP contribution is 2.13. The topological polar surface area (TPSA) is 195 Å². The molecule has 0 aromatic carbocycles. The van der Waals surface area contributed by atoms with Crippen LogP contribution in [0.2, 0.25) is 0 Å². The molecular formula is C25H36N4O11S. The molecule has 0 radical (unpaired) electrons. The van der Waals surface area contributed by atoms with Crippen molar-refractivity contribution in [2.24, 2.45) is 0 Å². The fourth-order valence-electron chi connectivity index (χ4n) is 3.78. The molecule has 0 spiro atoms. The van der Waals surface area contributed by atoms with E-state index >= 15 is 0 Å². The first-order valence-electron chi connectivity index (χ1n) is 13.1. The Morgan fingerprint density at radius 3 is 2.32 bits per heavy atom. The quantitative estimate of drug-likeness (QED) is 0.191. The number of nitrogens with one attached hydrogen (secondary N) is 2. The monoisotopic (exact) mass is 600 g/mol. The van der Waals surface area contributed by atoms with Crippen molar-refractivity contribution in [1.82, 2.24) is 20.6 Å². The highest BCUT2D eigenvalue weighted by Gasteiger charge is 2.34. The van der Waals surface area contributed by atoms with Gasteiger partial charge in [-0.3, -0.25) is 19.2 Å². The Morgan fingerprint density at radius 2 is 1.71 bits per heavy atom. The van der Waals surface area contributed by atoms with Crippen LogP contribution in [0.25, 0.3) is 0 Å². The Balaban J connectivity index is 1.93. The maximum absolute atomic E-state index is 12.8. The fourth-order valence-corrected chi connectivity index (χ4v) is 4.27. The zero-order chi connectivity index (χ0) is 30.4. The van der Waals surface area contributed by atoms with E-state index in [1.807, 2.05) is 6.26 Å². The lowest BCUT2D eigenvalue weighted by Crippen LogP contribution is -2.49. The lowest BCUT2D eigenvalue weighted by Gasteiger charge is -2.23. The lowest BCUT2D eigenvalue weighted by molar-refractivity contribution is -0.197. The van der Waals surface area contributed by atoms with Crippen molar-refractivity contribution in [2.45, 2.75) is 71.4 Å². The van der Waals surface area contributed by atoms with E-state index in [2.05, 4.69) is 10.6 Å². The molecule has 0 bridgehead atoms. The molecule has 0 unspecified atom stereocenters. The van der Waals surface area contributed by atoms with Crippen LogP contribution in [0.3, 0.4) is 0 Å². The van der Waals surface area contributed by atoms with Crippen molar-refractivity contribution in [3.8, 4) is 0 Å². The molecule has 1 saturated heterocycles. The largest absolute Gasteiger partial charge is 0.519 e. The number of unbranched alkanes of at least 4 members (excludes halogenated alkanes) is 3. The van der Waals surface area contributed by atoms with Crippen LogP contribution in [-0.2, 0) is 40.2 Å². The Morgan fingerprint density at radius 1 is 1.02 bits per heavy atom. The lowest BCUT2D eigenvalue weighted by atomic mass is 10.2. The Labute approximate surface area is 240 Å². The predicted octanol–water partition coefficient (Wildman–Crippen LogP) is 1.02. The number of carbonyl (C=O) groups is 6. The third-order valence-corrected chi connectivity index (χ3v) is 6.59. The van der Waals surface area contributed by atoms with Crippen molar-refractivity contribution in [3.05, 3.63) is 22.1 Å². The van der Waals surface area contributed by atoms with E-state index in [4.69, 9.17) is 18.4 Å². The minimum atomic E-state index is -1.35. The number of aryl methyl sites for hydroxylation is 1. The molecule has 1 aromatic rings. The summed E-state index contributed by atoms with van der Waals surface area (Å²) in [5.74, 6) is -3.34. The number of hydroxylamine groups is 2. The molecule has 5 amide bonds. The van der Waals surface area contributed by atoms with Crippen LogP contribution in [0, 0.1) is 6.92 Å². The molecule has 2 heterocycles. The molecule has 0 saturated carbocycles. The second-order valence-corrected chi connectivity index (χ2v) is 10.2. The van der Waals surface area contributed by atoms with Crippen LogP contribution >= 0.6 is 11.8 Å². The first kappa shape index (κ1) is 33.4. The molecule has 1 fully saturated rings. The van der Waals surface area contributed by atoms with Crippen molar-refractivity contribution in [1.29, 1.82) is 0 Å². The van der Waals surface area contributed by atoms with E-state index in [9.17, 15) is 33.6 Å². The number of thioether (sulfide) groups is 1. The first-order valence-corrected chi connectivity index (χ1v) is 14.5.